The van der Waals surface area contributed by atoms with E-state index in [4.69, 9.17) is 0 Å². The smallest absolute Gasteiger partial charge is 0.413 e. The lowest BCUT2D eigenvalue weighted by atomic mass is 10.1. The number of carbonyl (C=O) groups is 1. The summed E-state index contributed by atoms with van der Waals surface area (Å²) in [6.07, 6.45) is -9.66. The molecule has 2 aliphatic rings. The molecule has 0 aliphatic carbocycles. The van der Waals surface area contributed by atoms with Crippen LogP contribution in [0.3, 0.4) is 0 Å². The van der Waals surface area contributed by atoms with E-state index in [0.29, 0.717) is 24.5 Å². The third-order valence-electron chi connectivity index (χ3n) is 10.6. The van der Waals surface area contributed by atoms with Gasteiger partial charge in [-0.25, -0.2) is 8.78 Å². The standard InChI is InChI=1S/C22H21F4N5O4S.C20H19F4N5O3S.ClH/c1-15(32)29-9-11-30(12-10-29)36(33,34)31(18-5-3-2-4-6-18)14-17-8-7-16(13-19(17)23)20-27-28-21(35-20)22(24,25)26;21-17-12-14(18-26-27-19(32-18)20(22,23)24)6-7-15(17)13-29(16-4-2-1-3-5-16)33(30,31)28-10-8-25-9-11-28;/h2-8,13H,9-12,14H2,1H3;1-7,12,25H,8-11,13H2;1H. The normalized spacial score (nSPS) is 15.1. The topological polar surface area (TPSA) is 191 Å². The van der Waals surface area contributed by atoms with Gasteiger partial charge < -0.3 is 19.1 Å². The number of hydrogen-bond donors (Lipinski definition) is 1. The number of halogens is 9. The van der Waals surface area contributed by atoms with Gasteiger partial charge in [0.25, 0.3) is 0 Å². The molecule has 376 valence electrons. The molecule has 6 aromatic rings. The Morgan fingerprint density at radius 3 is 1.33 bits per heavy atom. The molecule has 28 heteroatoms. The van der Waals surface area contributed by atoms with E-state index in [2.05, 4.69) is 34.5 Å². The van der Waals surface area contributed by atoms with Gasteiger partial charge in [0.1, 0.15) is 11.6 Å². The quantitative estimate of drug-likeness (QED) is 0.127. The Morgan fingerprint density at radius 1 is 0.600 bits per heavy atom. The molecule has 4 aromatic carbocycles. The van der Waals surface area contributed by atoms with E-state index >= 15 is 4.39 Å². The molecule has 0 saturated carbocycles. The van der Waals surface area contributed by atoms with Crippen molar-refractivity contribution in [2.75, 3.05) is 61.0 Å². The number of nitrogens with one attached hydrogen (secondary N) is 1. The first kappa shape index (κ1) is 53.1. The molecule has 2 saturated heterocycles. The van der Waals surface area contributed by atoms with Crippen molar-refractivity contribution < 1.29 is 65.6 Å². The average Bonchev–Trinajstić information content (AvgIpc) is 4.05. The van der Waals surface area contributed by atoms with E-state index in [1.165, 1.54) is 39.8 Å². The molecule has 0 spiro atoms. The maximum absolute atomic E-state index is 15.0. The van der Waals surface area contributed by atoms with Gasteiger partial charge in [-0.05, 0) is 48.5 Å². The van der Waals surface area contributed by atoms with Gasteiger partial charge in [-0.3, -0.25) is 13.4 Å². The van der Waals surface area contributed by atoms with Crippen LogP contribution < -0.4 is 13.9 Å². The minimum absolute atomic E-state index is 0. The number of rotatable bonds is 12. The van der Waals surface area contributed by atoms with E-state index in [0.717, 1.165) is 20.7 Å². The van der Waals surface area contributed by atoms with E-state index in [1.807, 2.05) is 0 Å². The molecule has 2 aromatic heterocycles. The lowest BCUT2D eigenvalue weighted by Crippen LogP contribution is -2.53. The second-order valence-electron chi connectivity index (χ2n) is 15.2. The highest BCUT2D eigenvalue weighted by atomic mass is 35.5. The van der Waals surface area contributed by atoms with Crippen molar-refractivity contribution in [3.8, 4) is 22.9 Å². The molecular formula is C42H41ClF8N10O7S2. The molecule has 1 amide bonds. The minimum atomic E-state index is -4.84. The number of hydrogen-bond acceptors (Lipinski definition) is 12. The van der Waals surface area contributed by atoms with Crippen LogP contribution in [0, 0.1) is 11.6 Å². The van der Waals surface area contributed by atoms with Crippen LogP contribution in [0.2, 0.25) is 0 Å². The SMILES string of the molecule is CC(=O)N1CCN(S(=O)(=O)N(Cc2ccc(-c3nnc(C(F)(F)F)o3)cc2F)c2ccccc2)CC1.Cl.O=S(=O)(N1CCNCC1)N(Cc1ccc(-c2nnc(C(F)(F)F)o2)cc1F)c1ccccc1. The molecule has 0 bridgehead atoms. The Morgan fingerprint density at radius 2 is 0.986 bits per heavy atom. The fourth-order valence-corrected chi connectivity index (χ4v) is 10.2. The first-order valence-electron chi connectivity index (χ1n) is 20.6. The number of benzene rings is 4. The molecule has 1 N–H and O–H groups in total. The van der Waals surface area contributed by atoms with E-state index in [9.17, 15) is 52.4 Å². The second-order valence-corrected chi connectivity index (χ2v) is 18.9. The zero-order chi connectivity index (χ0) is 49.7. The summed E-state index contributed by atoms with van der Waals surface area (Å²) < 4.78 is 174. The van der Waals surface area contributed by atoms with Gasteiger partial charge in [-0.15, -0.1) is 32.8 Å². The monoisotopic (exact) mass is 1050 g/mol. The van der Waals surface area contributed by atoms with Crippen molar-refractivity contribution >= 4 is 50.1 Å². The number of amides is 1. The summed E-state index contributed by atoms with van der Waals surface area (Å²) in [6, 6.07) is 23.3. The summed E-state index contributed by atoms with van der Waals surface area (Å²) in [5.41, 5.74) is 0.498. The largest absolute Gasteiger partial charge is 0.470 e. The fourth-order valence-electron chi connectivity index (χ4n) is 7.02. The lowest BCUT2D eigenvalue weighted by Gasteiger charge is -2.37. The Balaban J connectivity index is 0.000000227. The van der Waals surface area contributed by atoms with Gasteiger partial charge >= 0.3 is 44.6 Å². The Kier molecular flexibility index (Phi) is 16.5. The molecule has 0 unspecified atom stereocenters. The van der Waals surface area contributed by atoms with Crippen LogP contribution in [0.4, 0.5) is 46.5 Å². The van der Waals surface area contributed by atoms with Crippen LogP contribution in [-0.4, -0.2) is 109 Å². The first-order valence-corrected chi connectivity index (χ1v) is 23.4. The number of carbonyl (C=O) groups excluding carboxylic acids is 1. The van der Waals surface area contributed by atoms with Crippen LogP contribution in [0.1, 0.15) is 29.8 Å². The molecule has 17 nitrogen and oxygen atoms in total. The van der Waals surface area contributed by atoms with Gasteiger partial charge in [-0.1, -0.05) is 48.5 Å². The molecule has 4 heterocycles. The van der Waals surface area contributed by atoms with Crippen molar-refractivity contribution in [3.05, 3.63) is 132 Å². The third-order valence-corrected chi connectivity index (χ3v) is 14.5. The van der Waals surface area contributed by atoms with E-state index in [-0.39, 0.29) is 92.9 Å². The molecule has 0 atom stereocenters. The average molecular weight is 1050 g/mol. The van der Waals surface area contributed by atoms with Crippen molar-refractivity contribution in [3.63, 3.8) is 0 Å². The lowest BCUT2D eigenvalue weighted by molar-refractivity contribution is -0.157. The molecular weight excluding hydrogens is 1010 g/mol. The van der Waals surface area contributed by atoms with Crippen LogP contribution in [0.25, 0.3) is 22.9 Å². The van der Waals surface area contributed by atoms with Crippen LogP contribution in [0.15, 0.2) is 106 Å². The van der Waals surface area contributed by atoms with Crippen molar-refractivity contribution in [1.82, 2.24) is 39.2 Å². The van der Waals surface area contributed by atoms with Gasteiger partial charge in [0.15, 0.2) is 0 Å². The Hall–Kier alpha value is -6.26. The summed E-state index contributed by atoms with van der Waals surface area (Å²) in [5, 5.41) is 15.5. The van der Waals surface area contributed by atoms with Gasteiger partial charge in [0.2, 0.25) is 17.7 Å². The van der Waals surface area contributed by atoms with Crippen LogP contribution >= 0.6 is 12.4 Å². The highest BCUT2D eigenvalue weighted by Gasteiger charge is 2.40. The Labute approximate surface area is 401 Å². The number of para-hydroxylation sites is 2. The number of aromatic nitrogens is 4. The number of anilines is 2. The summed E-state index contributed by atoms with van der Waals surface area (Å²) in [5.74, 6) is -5.97. The zero-order valence-corrected chi connectivity index (χ0v) is 38.9. The predicted octanol–water partition coefficient (Wildman–Crippen LogP) is 6.78. The van der Waals surface area contributed by atoms with E-state index in [1.54, 1.807) is 65.6 Å². The number of alkyl halides is 6. The van der Waals surface area contributed by atoms with Gasteiger partial charge in [0, 0.05) is 81.5 Å². The first-order chi connectivity index (χ1) is 32.6. The van der Waals surface area contributed by atoms with Gasteiger partial charge in [0.05, 0.1) is 24.5 Å². The summed E-state index contributed by atoms with van der Waals surface area (Å²) in [7, 11) is -8.09. The fraction of sp³-hybridized carbons (Fsp3) is 0.310. The summed E-state index contributed by atoms with van der Waals surface area (Å²) in [6.45, 7) is 2.83. The number of piperazine rings is 2. The molecule has 70 heavy (non-hydrogen) atoms. The molecule has 0 radical (unpaired) electrons. The molecule has 8 rings (SSSR count). The maximum atomic E-state index is 15.0. The number of nitrogens with zero attached hydrogens (tertiary/aromatic N) is 9. The summed E-state index contributed by atoms with van der Waals surface area (Å²) in [4.78, 5) is 13.1. The van der Waals surface area contributed by atoms with Gasteiger partial charge in [-0.2, -0.15) is 51.8 Å². The van der Waals surface area contributed by atoms with Crippen molar-refractivity contribution in [2.45, 2.75) is 32.4 Å². The highest BCUT2D eigenvalue weighted by molar-refractivity contribution is 7.90. The van der Waals surface area contributed by atoms with Crippen LogP contribution in [-0.2, 0) is 50.7 Å². The maximum Gasteiger partial charge on any atom is 0.470 e. The summed E-state index contributed by atoms with van der Waals surface area (Å²) >= 11 is 0. The molecule has 2 aliphatic heterocycles. The van der Waals surface area contributed by atoms with Crippen LogP contribution in [0.5, 0.6) is 0 Å². The third kappa shape index (κ3) is 12.4. The highest BCUT2D eigenvalue weighted by Crippen LogP contribution is 2.34. The Bertz CT molecular complexity index is 2960. The molecule has 2 fully saturated rings. The predicted molar refractivity (Wildman–Crippen MR) is 238 cm³/mol. The van der Waals surface area contributed by atoms with Crippen molar-refractivity contribution in [2.24, 2.45) is 0 Å². The second kappa shape index (κ2) is 21.8. The van der Waals surface area contributed by atoms with E-state index < -0.39 is 68.0 Å². The minimum Gasteiger partial charge on any atom is -0.413 e. The van der Waals surface area contributed by atoms with Crippen molar-refractivity contribution in [1.29, 1.82) is 0 Å². The zero-order valence-electron chi connectivity index (χ0n) is 36.4.